The van der Waals surface area contributed by atoms with Gasteiger partial charge in [-0.3, -0.25) is 9.88 Å². The highest BCUT2D eigenvalue weighted by atomic mass is 19.4. The van der Waals surface area contributed by atoms with Crippen LogP contribution in [0.25, 0.3) is 16.9 Å². The summed E-state index contributed by atoms with van der Waals surface area (Å²) in [5, 5.41) is 11.9. The van der Waals surface area contributed by atoms with Crippen molar-refractivity contribution >= 4 is 0 Å². The second kappa shape index (κ2) is 7.69. The zero-order valence-corrected chi connectivity index (χ0v) is 15.0. The van der Waals surface area contributed by atoms with E-state index in [1.54, 1.807) is 17.1 Å². The topological polar surface area (TPSA) is 58.9 Å². The van der Waals surface area contributed by atoms with Crippen LogP contribution in [-0.2, 0) is 12.7 Å². The van der Waals surface area contributed by atoms with Gasteiger partial charge in [-0.1, -0.05) is 5.21 Å². The molecule has 1 saturated heterocycles. The van der Waals surface area contributed by atoms with E-state index in [1.807, 2.05) is 12.1 Å². The van der Waals surface area contributed by atoms with Gasteiger partial charge in [0.05, 0.1) is 16.9 Å². The zero-order chi connectivity index (χ0) is 19.6. The lowest BCUT2D eigenvalue weighted by Gasteiger charge is -2.26. The summed E-state index contributed by atoms with van der Waals surface area (Å²) in [4.78, 5) is 6.33. The molecule has 0 aliphatic carbocycles. The average Bonchev–Trinajstić information content (AvgIpc) is 3.12. The summed E-state index contributed by atoms with van der Waals surface area (Å²) in [6.07, 6.45) is -1.02. The Hall–Kier alpha value is -2.78. The minimum atomic E-state index is -4.37. The van der Waals surface area contributed by atoms with E-state index in [1.165, 1.54) is 12.1 Å². The van der Waals surface area contributed by atoms with Crippen molar-refractivity contribution < 1.29 is 13.2 Å². The normalized spacial score (nSPS) is 15.7. The highest BCUT2D eigenvalue weighted by molar-refractivity contribution is 5.63. The number of alkyl halides is 3. The third kappa shape index (κ3) is 3.90. The number of benzene rings is 1. The third-order valence-electron chi connectivity index (χ3n) is 4.72. The Balaban J connectivity index is 1.72. The second-order valence-corrected chi connectivity index (χ2v) is 6.60. The number of pyridine rings is 1. The maximum absolute atomic E-state index is 12.9. The number of nitrogens with one attached hydrogen (secondary N) is 1. The van der Waals surface area contributed by atoms with Crippen LogP contribution in [0, 0.1) is 0 Å². The monoisotopic (exact) mass is 388 g/mol. The summed E-state index contributed by atoms with van der Waals surface area (Å²) in [5.74, 6) is 0. The fourth-order valence-electron chi connectivity index (χ4n) is 3.27. The predicted octanol–water partition coefficient (Wildman–Crippen LogP) is 2.75. The number of halogens is 3. The molecule has 0 unspecified atom stereocenters. The molecule has 3 aromatic rings. The van der Waals surface area contributed by atoms with Crippen molar-refractivity contribution in [1.29, 1.82) is 0 Å². The van der Waals surface area contributed by atoms with Crippen LogP contribution < -0.4 is 5.32 Å². The Kier molecular flexibility index (Phi) is 5.10. The zero-order valence-electron chi connectivity index (χ0n) is 15.0. The Morgan fingerprint density at radius 1 is 0.964 bits per heavy atom. The Morgan fingerprint density at radius 3 is 2.29 bits per heavy atom. The number of piperazine rings is 1. The Labute approximate surface area is 160 Å². The van der Waals surface area contributed by atoms with Crippen LogP contribution >= 0.6 is 0 Å². The van der Waals surface area contributed by atoms with Crippen molar-refractivity contribution in [2.75, 3.05) is 26.2 Å². The van der Waals surface area contributed by atoms with Gasteiger partial charge in [0.2, 0.25) is 0 Å². The predicted molar refractivity (Wildman–Crippen MR) is 97.7 cm³/mol. The Bertz CT molecular complexity index is 915. The third-order valence-corrected chi connectivity index (χ3v) is 4.72. The number of aromatic nitrogens is 4. The van der Waals surface area contributed by atoms with Crippen LogP contribution in [0.4, 0.5) is 13.2 Å². The molecule has 1 N–H and O–H groups in total. The highest BCUT2D eigenvalue weighted by Crippen LogP contribution is 2.31. The second-order valence-electron chi connectivity index (χ2n) is 6.60. The lowest BCUT2D eigenvalue weighted by molar-refractivity contribution is -0.137. The molecule has 0 saturated carbocycles. The van der Waals surface area contributed by atoms with E-state index < -0.39 is 11.7 Å². The molecule has 2 aromatic heterocycles. The first-order chi connectivity index (χ1) is 13.5. The molecule has 0 bridgehead atoms. The van der Waals surface area contributed by atoms with Gasteiger partial charge in [-0.2, -0.15) is 13.2 Å². The summed E-state index contributed by atoms with van der Waals surface area (Å²) in [6.45, 7) is 4.26. The SMILES string of the molecule is FC(F)(F)c1ccc(-n2nnc(CN3CCNCC3)c2-c2ccncc2)cc1. The summed E-state index contributed by atoms with van der Waals surface area (Å²) in [7, 11) is 0. The van der Waals surface area contributed by atoms with Crippen molar-refractivity contribution in [3.8, 4) is 16.9 Å². The van der Waals surface area contributed by atoms with E-state index in [2.05, 4.69) is 25.5 Å². The van der Waals surface area contributed by atoms with E-state index in [0.29, 0.717) is 12.2 Å². The number of nitrogens with zero attached hydrogens (tertiary/aromatic N) is 5. The summed E-state index contributed by atoms with van der Waals surface area (Å²) < 4.78 is 40.2. The van der Waals surface area contributed by atoms with Gasteiger partial charge in [-0.25, -0.2) is 4.68 Å². The van der Waals surface area contributed by atoms with Crippen molar-refractivity contribution in [3.05, 3.63) is 60.0 Å². The minimum Gasteiger partial charge on any atom is -0.314 e. The van der Waals surface area contributed by atoms with Crippen LogP contribution in [-0.4, -0.2) is 51.1 Å². The highest BCUT2D eigenvalue weighted by Gasteiger charge is 2.30. The first-order valence-corrected chi connectivity index (χ1v) is 8.98. The maximum Gasteiger partial charge on any atom is 0.416 e. The fraction of sp³-hybridized carbons (Fsp3) is 0.316. The van der Waals surface area contributed by atoms with E-state index in [0.717, 1.165) is 55.3 Å². The first kappa shape index (κ1) is 18.6. The van der Waals surface area contributed by atoms with Crippen LogP contribution in [0.3, 0.4) is 0 Å². The smallest absolute Gasteiger partial charge is 0.314 e. The molecule has 4 rings (SSSR count). The van der Waals surface area contributed by atoms with E-state index in [4.69, 9.17) is 0 Å². The van der Waals surface area contributed by atoms with Crippen molar-refractivity contribution in [2.24, 2.45) is 0 Å². The molecule has 146 valence electrons. The Morgan fingerprint density at radius 2 is 1.64 bits per heavy atom. The molecule has 0 amide bonds. The van der Waals surface area contributed by atoms with Gasteiger partial charge in [0, 0.05) is 50.7 Å². The molecule has 1 aromatic carbocycles. The summed E-state index contributed by atoms with van der Waals surface area (Å²) in [6, 6.07) is 8.64. The fourth-order valence-corrected chi connectivity index (χ4v) is 3.27. The van der Waals surface area contributed by atoms with Crippen LogP contribution in [0.2, 0.25) is 0 Å². The van der Waals surface area contributed by atoms with Crippen LogP contribution in [0.1, 0.15) is 11.3 Å². The largest absolute Gasteiger partial charge is 0.416 e. The number of hydrogen-bond donors (Lipinski definition) is 1. The molecule has 1 aliphatic heterocycles. The van der Waals surface area contributed by atoms with Gasteiger partial charge >= 0.3 is 6.18 Å². The molecular formula is C19H19F3N6. The molecule has 3 heterocycles. The summed E-state index contributed by atoms with van der Waals surface area (Å²) in [5.41, 5.74) is 2.25. The quantitative estimate of drug-likeness (QED) is 0.745. The first-order valence-electron chi connectivity index (χ1n) is 8.98. The molecule has 28 heavy (non-hydrogen) atoms. The molecule has 1 fully saturated rings. The van der Waals surface area contributed by atoms with Gasteiger partial charge in [-0.15, -0.1) is 5.10 Å². The standard InChI is InChI=1S/C19H19F3N6/c20-19(21,22)15-1-3-16(4-2-15)28-18(14-5-7-23-8-6-14)17(25-26-28)13-27-11-9-24-10-12-27/h1-8,24H,9-13H2. The van der Waals surface area contributed by atoms with Gasteiger partial charge in [-0.05, 0) is 36.4 Å². The van der Waals surface area contributed by atoms with E-state index in [9.17, 15) is 13.2 Å². The lowest BCUT2D eigenvalue weighted by atomic mass is 10.1. The molecule has 6 nitrogen and oxygen atoms in total. The molecular weight excluding hydrogens is 369 g/mol. The number of rotatable bonds is 4. The molecule has 0 spiro atoms. The molecule has 1 aliphatic rings. The van der Waals surface area contributed by atoms with Crippen LogP contribution in [0.5, 0.6) is 0 Å². The number of hydrogen-bond acceptors (Lipinski definition) is 5. The maximum atomic E-state index is 12.9. The van der Waals surface area contributed by atoms with Gasteiger partial charge in [0.1, 0.15) is 5.69 Å². The summed E-state index contributed by atoms with van der Waals surface area (Å²) >= 11 is 0. The molecule has 0 radical (unpaired) electrons. The molecule has 0 atom stereocenters. The lowest BCUT2D eigenvalue weighted by Crippen LogP contribution is -2.43. The average molecular weight is 388 g/mol. The van der Waals surface area contributed by atoms with Crippen molar-refractivity contribution in [1.82, 2.24) is 30.2 Å². The van der Waals surface area contributed by atoms with E-state index >= 15 is 0 Å². The van der Waals surface area contributed by atoms with Crippen molar-refractivity contribution in [3.63, 3.8) is 0 Å². The van der Waals surface area contributed by atoms with Crippen molar-refractivity contribution in [2.45, 2.75) is 12.7 Å². The van der Waals surface area contributed by atoms with Crippen LogP contribution in [0.15, 0.2) is 48.8 Å². The van der Waals surface area contributed by atoms with E-state index in [-0.39, 0.29) is 0 Å². The molecule has 9 heteroatoms. The van der Waals surface area contributed by atoms with Gasteiger partial charge in [0.25, 0.3) is 0 Å². The minimum absolute atomic E-state index is 0.527. The van der Waals surface area contributed by atoms with Gasteiger partial charge < -0.3 is 5.32 Å². The van der Waals surface area contributed by atoms with Gasteiger partial charge in [0.15, 0.2) is 0 Å².